The van der Waals surface area contributed by atoms with Gasteiger partial charge in [0.25, 0.3) is 0 Å². The highest BCUT2D eigenvalue weighted by Gasteiger charge is 2.28. The maximum absolute atomic E-state index is 6.05. The minimum Gasteiger partial charge on any atom is -0.354 e. The SMILES string of the molecule is CC1CC(C)N(c2cc(CCl)cc(C(C)(C)C)n2)C1. The van der Waals surface area contributed by atoms with Crippen molar-refractivity contribution in [1.82, 2.24) is 4.98 Å². The molecule has 1 saturated heterocycles. The van der Waals surface area contributed by atoms with Crippen LogP contribution in [0.15, 0.2) is 12.1 Å². The molecule has 0 bridgehead atoms. The van der Waals surface area contributed by atoms with Crippen LogP contribution in [0.4, 0.5) is 5.82 Å². The molecule has 0 N–H and O–H groups in total. The number of pyridine rings is 1. The van der Waals surface area contributed by atoms with Crippen LogP contribution in [-0.2, 0) is 11.3 Å². The number of rotatable bonds is 2. The van der Waals surface area contributed by atoms with E-state index in [9.17, 15) is 0 Å². The average molecular weight is 281 g/mol. The summed E-state index contributed by atoms with van der Waals surface area (Å²) in [7, 11) is 0. The summed E-state index contributed by atoms with van der Waals surface area (Å²) in [4.78, 5) is 7.31. The lowest BCUT2D eigenvalue weighted by Crippen LogP contribution is -2.28. The smallest absolute Gasteiger partial charge is 0.129 e. The Morgan fingerprint density at radius 1 is 1.32 bits per heavy atom. The van der Waals surface area contributed by atoms with Crippen molar-refractivity contribution in [3.8, 4) is 0 Å². The summed E-state index contributed by atoms with van der Waals surface area (Å²) in [6, 6.07) is 4.86. The lowest BCUT2D eigenvalue weighted by atomic mass is 9.91. The van der Waals surface area contributed by atoms with E-state index >= 15 is 0 Å². The predicted octanol–water partition coefficient (Wildman–Crippen LogP) is 4.35. The van der Waals surface area contributed by atoms with Gasteiger partial charge < -0.3 is 4.90 Å². The van der Waals surface area contributed by atoms with E-state index in [-0.39, 0.29) is 5.41 Å². The summed E-state index contributed by atoms with van der Waals surface area (Å²) in [5, 5.41) is 0. The van der Waals surface area contributed by atoms with Crippen molar-refractivity contribution in [2.24, 2.45) is 5.92 Å². The van der Waals surface area contributed by atoms with Crippen LogP contribution in [0.5, 0.6) is 0 Å². The van der Waals surface area contributed by atoms with Crippen molar-refractivity contribution in [1.29, 1.82) is 0 Å². The molecule has 1 fully saturated rings. The zero-order chi connectivity index (χ0) is 14.2. The normalized spacial score (nSPS) is 24.0. The van der Waals surface area contributed by atoms with E-state index in [0.717, 1.165) is 24.0 Å². The van der Waals surface area contributed by atoms with E-state index in [1.165, 1.54) is 12.0 Å². The van der Waals surface area contributed by atoms with Gasteiger partial charge in [0, 0.05) is 29.6 Å². The number of hydrogen-bond acceptors (Lipinski definition) is 2. The lowest BCUT2D eigenvalue weighted by Gasteiger charge is -2.26. The van der Waals surface area contributed by atoms with Crippen LogP contribution in [0.2, 0.25) is 0 Å². The molecule has 1 aliphatic rings. The van der Waals surface area contributed by atoms with Crippen LogP contribution >= 0.6 is 11.6 Å². The molecule has 1 aromatic heterocycles. The average Bonchev–Trinajstić information content (AvgIpc) is 2.66. The van der Waals surface area contributed by atoms with Crippen LogP contribution in [-0.4, -0.2) is 17.6 Å². The van der Waals surface area contributed by atoms with E-state index in [0.29, 0.717) is 11.9 Å². The zero-order valence-corrected chi connectivity index (χ0v) is 13.5. The Bertz CT molecular complexity index is 451. The topological polar surface area (TPSA) is 16.1 Å². The van der Waals surface area contributed by atoms with Gasteiger partial charge in [-0.15, -0.1) is 11.6 Å². The van der Waals surface area contributed by atoms with Crippen molar-refractivity contribution in [2.45, 2.75) is 58.4 Å². The molecule has 0 amide bonds. The van der Waals surface area contributed by atoms with E-state index < -0.39 is 0 Å². The summed E-state index contributed by atoms with van der Waals surface area (Å²) in [6.07, 6.45) is 1.25. The van der Waals surface area contributed by atoms with E-state index in [1.54, 1.807) is 0 Å². The summed E-state index contributed by atoms with van der Waals surface area (Å²) in [5.74, 6) is 2.39. The number of halogens is 1. The Labute approximate surface area is 122 Å². The van der Waals surface area contributed by atoms with Crippen molar-refractivity contribution in [3.05, 3.63) is 23.4 Å². The molecule has 0 aromatic carbocycles. The first-order valence-corrected chi connectivity index (χ1v) is 7.68. The van der Waals surface area contributed by atoms with Crippen molar-refractivity contribution < 1.29 is 0 Å². The largest absolute Gasteiger partial charge is 0.354 e. The molecule has 0 radical (unpaired) electrons. The van der Waals surface area contributed by atoms with Gasteiger partial charge in [-0.25, -0.2) is 4.98 Å². The minimum atomic E-state index is 0.0609. The molecule has 19 heavy (non-hydrogen) atoms. The molecule has 2 unspecified atom stereocenters. The molecule has 3 heteroatoms. The first kappa shape index (κ1) is 14.6. The quantitative estimate of drug-likeness (QED) is 0.749. The summed E-state index contributed by atoms with van der Waals surface area (Å²) in [5.41, 5.74) is 2.36. The Morgan fingerprint density at radius 3 is 2.47 bits per heavy atom. The van der Waals surface area contributed by atoms with Crippen LogP contribution in [0, 0.1) is 5.92 Å². The predicted molar refractivity (Wildman–Crippen MR) is 83.1 cm³/mol. The summed E-state index contributed by atoms with van der Waals surface area (Å²) in [6.45, 7) is 12.3. The van der Waals surface area contributed by atoms with Crippen LogP contribution in [0.3, 0.4) is 0 Å². The van der Waals surface area contributed by atoms with Gasteiger partial charge in [-0.05, 0) is 37.0 Å². The van der Waals surface area contributed by atoms with Gasteiger partial charge in [0.1, 0.15) is 5.82 Å². The number of anilines is 1. The molecular formula is C16H25ClN2. The molecular weight excluding hydrogens is 256 g/mol. The zero-order valence-electron chi connectivity index (χ0n) is 12.7. The third-order valence-electron chi connectivity index (χ3n) is 3.87. The fourth-order valence-corrected chi connectivity index (χ4v) is 2.95. The second-order valence-electron chi connectivity index (χ2n) is 6.94. The first-order chi connectivity index (χ1) is 8.81. The Hall–Kier alpha value is -0.760. The Kier molecular flexibility index (Phi) is 4.10. The van der Waals surface area contributed by atoms with Crippen LogP contribution in [0.25, 0.3) is 0 Å². The van der Waals surface area contributed by atoms with Gasteiger partial charge in [0.2, 0.25) is 0 Å². The molecule has 2 nitrogen and oxygen atoms in total. The molecule has 1 aliphatic heterocycles. The molecule has 0 saturated carbocycles. The third-order valence-corrected chi connectivity index (χ3v) is 4.18. The number of aromatic nitrogens is 1. The molecule has 106 valence electrons. The standard InChI is InChI=1S/C16H25ClN2/c1-11-6-12(2)19(10-11)15-8-13(9-17)7-14(18-15)16(3,4)5/h7-8,11-12H,6,9-10H2,1-5H3. The summed E-state index contributed by atoms with van der Waals surface area (Å²) < 4.78 is 0. The highest BCUT2D eigenvalue weighted by Crippen LogP contribution is 2.31. The maximum Gasteiger partial charge on any atom is 0.129 e. The third kappa shape index (κ3) is 3.22. The first-order valence-electron chi connectivity index (χ1n) is 7.15. The van der Waals surface area contributed by atoms with Gasteiger partial charge in [0.05, 0.1) is 0 Å². The Morgan fingerprint density at radius 2 is 2.00 bits per heavy atom. The minimum absolute atomic E-state index is 0.0609. The van der Waals surface area contributed by atoms with E-state index in [1.807, 2.05) is 0 Å². The second kappa shape index (κ2) is 5.32. The van der Waals surface area contributed by atoms with Crippen LogP contribution in [0.1, 0.15) is 52.3 Å². The number of nitrogens with zero attached hydrogens (tertiary/aromatic N) is 2. The molecule has 2 rings (SSSR count). The second-order valence-corrected chi connectivity index (χ2v) is 7.21. The highest BCUT2D eigenvalue weighted by atomic mass is 35.5. The fraction of sp³-hybridized carbons (Fsp3) is 0.688. The number of hydrogen-bond donors (Lipinski definition) is 0. The van der Waals surface area contributed by atoms with E-state index in [4.69, 9.17) is 16.6 Å². The fourth-order valence-electron chi connectivity index (χ4n) is 2.80. The molecule has 0 aliphatic carbocycles. The molecule has 2 atom stereocenters. The number of alkyl halides is 1. The van der Waals surface area contributed by atoms with Crippen molar-refractivity contribution >= 4 is 17.4 Å². The lowest BCUT2D eigenvalue weighted by molar-refractivity contribution is 0.566. The van der Waals surface area contributed by atoms with Gasteiger partial charge in [-0.2, -0.15) is 0 Å². The van der Waals surface area contributed by atoms with E-state index in [2.05, 4.69) is 51.7 Å². The van der Waals surface area contributed by atoms with Crippen LogP contribution < -0.4 is 4.90 Å². The van der Waals surface area contributed by atoms with Crippen molar-refractivity contribution in [3.63, 3.8) is 0 Å². The van der Waals surface area contributed by atoms with Gasteiger partial charge in [0.15, 0.2) is 0 Å². The van der Waals surface area contributed by atoms with Crippen molar-refractivity contribution in [2.75, 3.05) is 11.4 Å². The monoisotopic (exact) mass is 280 g/mol. The molecule has 2 heterocycles. The molecule has 0 spiro atoms. The molecule has 1 aromatic rings. The van der Waals surface area contributed by atoms with Gasteiger partial charge in [-0.1, -0.05) is 27.7 Å². The maximum atomic E-state index is 6.05. The highest BCUT2D eigenvalue weighted by molar-refractivity contribution is 6.17. The van der Waals surface area contributed by atoms with Gasteiger partial charge >= 0.3 is 0 Å². The van der Waals surface area contributed by atoms with Gasteiger partial charge in [-0.3, -0.25) is 0 Å². The summed E-state index contributed by atoms with van der Waals surface area (Å²) >= 11 is 6.05. The Balaban J connectivity index is 2.40.